The van der Waals surface area contributed by atoms with Crippen LogP contribution < -0.4 is 0 Å². The van der Waals surface area contributed by atoms with Crippen molar-refractivity contribution >= 4 is 30.4 Å². The van der Waals surface area contributed by atoms with Gasteiger partial charge >= 0.3 is 154 Å². The molecule has 0 radical (unpaired) electrons. The van der Waals surface area contributed by atoms with Gasteiger partial charge in [0, 0.05) is 0 Å². The molecule has 0 spiro atoms. The van der Waals surface area contributed by atoms with E-state index >= 15 is 0 Å². The Morgan fingerprint density at radius 2 is 1.08 bits per heavy atom. The van der Waals surface area contributed by atoms with Crippen LogP contribution in [0, 0.1) is 7.14 Å². The second-order valence-corrected chi connectivity index (χ2v) is 13.0. The molecule has 0 atom stereocenters. The molecule has 0 saturated carbocycles. The summed E-state index contributed by atoms with van der Waals surface area (Å²) in [5.41, 5.74) is 2.48. The van der Waals surface area contributed by atoms with Gasteiger partial charge in [0.2, 0.25) is 0 Å². The third-order valence-corrected chi connectivity index (χ3v) is 10.7. The van der Waals surface area contributed by atoms with Crippen molar-refractivity contribution in [1.82, 2.24) is 0 Å². The number of halogens is 1. The van der Waals surface area contributed by atoms with Crippen molar-refractivity contribution in [3.8, 4) is 0 Å². The van der Waals surface area contributed by atoms with E-state index < -0.39 is 30.4 Å². The van der Waals surface area contributed by atoms with E-state index in [4.69, 9.17) is 2.51 Å². The van der Waals surface area contributed by atoms with Crippen LogP contribution in [-0.4, -0.2) is 14.7 Å². The second-order valence-electron chi connectivity index (χ2n) is 6.43. The van der Waals surface area contributed by atoms with Crippen molar-refractivity contribution in [3.05, 3.63) is 66.8 Å². The van der Waals surface area contributed by atoms with Crippen molar-refractivity contribution in [2.45, 2.75) is 39.5 Å². The first kappa shape index (κ1) is 19.4. The van der Waals surface area contributed by atoms with E-state index in [9.17, 15) is 8.42 Å². The molecule has 0 N–H and O–H groups in total. The van der Waals surface area contributed by atoms with Crippen LogP contribution in [0.3, 0.4) is 0 Å². The van der Waals surface area contributed by atoms with Crippen LogP contribution in [0.5, 0.6) is 0 Å². The number of benzene rings is 2. The zero-order valence-corrected chi connectivity index (χ0v) is 17.8. The van der Waals surface area contributed by atoms with Crippen LogP contribution in [0.25, 0.3) is 0 Å². The molecular formula is C19H25IO3S. The molecule has 0 heterocycles. The molecule has 0 aliphatic rings. The van der Waals surface area contributed by atoms with Crippen LogP contribution >= 0.6 is 20.2 Å². The SMILES string of the molecule is CC(C)c1ccc(I(OS(C)(=O)=O)c2ccc(C(C)C)cc2)cc1. The van der Waals surface area contributed by atoms with E-state index in [1.807, 2.05) is 24.3 Å². The van der Waals surface area contributed by atoms with Crippen molar-refractivity contribution in [2.24, 2.45) is 0 Å². The van der Waals surface area contributed by atoms with E-state index in [0.717, 1.165) is 13.4 Å². The van der Waals surface area contributed by atoms with Gasteiger partial charge in [0.25, 0.3) is 0 Å². The fraction of sp³-hybridized carbons (Fsp3) is 0.368. The van der Waals surface area contributed by atoms with E-state index in [2.05, 4.69) is 52.0 Å². The van der Waals surface area contributed by atoms with Gasteiger partial charge in [-0.3, -0.25) is 0 Å². The number of rotatable bonds is 6. The summed E-state index contributed by atoms with van der Waals surface area (Å²) in [4.78, 5) is 0. The Balaban J connectivity index is 2.40. The van der Waals surface area contributed by atoms with Crippen LogP contribution in [0.15, 0.2) is 48.5 Å². The molecule has 0 aromatic heterocycles. The maximum atomic E-state index is 11.8. The average Bonchev–Trinajstić information content (AvgIpc) is 2.52. The van der Waals surface area contributed by atoms with E-state index in [-0.39, 0.29) is 0 Å². The molecule has 5 heteroatoms. The van der Waals surface area contributed by atoms with Gasteiger partial charge in [-0.2, -0.15) is 0 Å². The summed E-state index contributed by atoms with van der Waals surface area (Å²) in [7, 11) is -3.50. The van der Waals surface area contributed by atoms with Gasteiger partial charge in [0.05, 0.1) is 0 Å². The molecule has 2 aromatic rings. The van der Waals surface area contributed by atoms with Gasteiger partial charge < -0.3 is 0 Å². The Kier molecular flexibility index (Phi) is 6.45. The summed E-state index contributed by atoms with van der Waals surface area (Å²) in [6.45, 7) is 8.57. The van der Waals surface area contributed by atoms with Crippen molar-refractivity contribution in [1.29, 1.82) is 0 Å². The summed E-state index contributed by atoms with van der Waals surface area (Å²) in [6, 6.07) is 16.3. The molecule has 3 nitrogen and oxygen atoms in total. The minimum atomic E-state index is -3.50. The second kappa shape index (κ2) is 7.97. The maximum absolute atomic E-state index is 11.8. The molecule has 0 aliphatic heterocycles. The molecule has 0 bridgehead atoms. The molecule has 0 saturated heterocycles. The van der Waals surface area contributed by atoms with E-state index in [1.165, 1.54) is 11.1 Å². The molecule has 2 rings (SSSR count). The third-order valence-electron chi connectivity index (χ3n) is 3.65. The molecule has 0 unspecified atom stereocenters. The summed E-state index contributed by atoms with van der Waals surface area (Å²) < 4.78 is 31.0. The van der Waals surface area contributed by atoms with Crippen molar-refractivity contribution in [2.75, 3.05) is 6.26 Å². The summed E-state index contributed by atoms with van der Waals surface area (Å²) in [6.07, 6.45) is 1.13. The minimum absolute atomic E-state index is 0.447. The average molecular weight is 460 g/mol. The van der Waals surface area contributed by atoms with Crippen LogP contribution in [0.4, 0.5) is 0 Å². The fourth-order valence-corrected chi connectivity index (χ4v) is 8.56. The van der Waals surface area contributed by atoms with Gasteiger partial charge in [-0.1, -0.05) is 0 Å². The summed E-state index contributed by atoms with van der Waals surface area (Å²) in [5.74, 6) is 0.893. The molecule has 0 amide bonds. The van der Waals surface area contributed by atoms with Gasteiger partial charge in [-0.05, 0) is 0 Å². The van der Waals surface area contributed by atoms with Crippen LogP contribution in [0.2, 0.25) is 0 Å². The fourth-order valence-electron chi connectivity index (χ4n) is 2.24. The van der Waals surface area contributed by atoms with Crippen molar-refractivity contribution in [3.63, 3.8) is 0 Å². The van der Waals surface area contributed by atoms with E-state index in [1.54, 1.807) is 0 Å². The zero-order chi connectivity index (χ0) is 17.9. The van der Waals surface area contributed by atoms with Gasteiger partial charge in [-0.15, -0.1) is 0 Å². The van der Waals surface area contributed by atoms with Gasteiger partial charge in [0.1, 0.15) is 0 Å². The molecule has 0 fully saturated rings. The molecule has 24 heavy (non-hydrogen) atoms. The van der Waals surface area contributed by atoms with Crippen LogP contribution in [0.1, 0.15) is 50.7 Å². The molecular weight excluding hydrogens is 435 g/mol. The first-order chi connectivity index (χ1) is 11.2. The first-order valence-corrected chi connectivity index (χ1v) is 12.8. The summed E-state index contributed by atoms with van der Waals surface area (Å²) >= 11 is -2.48. The third kappa shape index (κ3) is 5.29. The molecule has 0 aliphatic carbocycles. The molecule has 2 aromatic carbocycles. The number of hydrogen-bond donors (Lipinski definition) is 0. The Labute approximate surface area is 153 Å². The van der Waals surface area contributed by atoms with Crippen molar-refractivity contribution < 1.29 is 10.9 Å². The molecule has 132 valence electrons. The normalized spacial score (nSPS) is 12.7. The van der Waals surface area contributed by atoms with Crippen LogP contribution in [-0.2, 0) is 12.6 Å². The predicted octanol–water partition coefficient (Wildman–Crippen LogP) is 5.37. The monoisotopic (exact) mass is 460 g/mol. The Bertz CT molecular complexity index is 712. The summed E-state index contributed by atoms with van der Waals surface area (Å²) in [5, 5.41) is 0. The Morgan fingerprint density at radius 3 is 1.33 bits per heavy atom. The topological polar surface area (TPSA) is 43.4 Å². The van der Waals surface area contributed by atoms with E-state index in [0.29, 0.717) is 11.8 Å². The zero-order valence-electron chi connectivity index (χ0n) is 14.8. The quantitative estimate of drug-likeness (QED) is 0.545. The predicted molar refractivity (Wildman–Crippen MR) is 108 cm³/mol. The standard InChI is InChI=1S/C19H25IO3S/c1-14(2)16-6-10-18(11-7-16)20(23-24(5,21)22)19-12-8-17(9-13-19)15(3)4/h6-15H,1-5H3. The number of hydrogen-bond acceptors (Lipinski definition) is 3. The first-order valence-electron chi connectivity index (χ1n) is 7.97. The van der Waals surface area contributed by atoms with Gasteiger partial charge in [-0.25, -0.2) is 0 Å². The van der Waals surface area contributed by atoms with Gasteiger partial charge in [0.15, 0.2) is 0 Å². The Morgan fingerprint density at radius 1 is 0.750 bits per heavy atom. The Hall–Kier alpha value is -0.920.